The topological polar surface area (TPSA) is 44.8 Å². The number of hydrogen-bond donors (Lipinski definition) is 0. The van der Waals surface area contributed by atoms with E-state index in [0.29, 0.717) is 12.0 Å². The molecule has 0 radical (unpaired) electrons. The number of halogens is 7. The van der Waals surface area contributed by atoms with Gasteiger partial charge in [0.05, 0.1) is 0 Å². The second-order valence-electron chi connectivity index (χ2n) is 8.07. The number of carbonyl (C=O) groups excluding carboxylic acids is 1. The Kier molecular flexibility index (Phi) is 9.31. The maximum Gasteiger partial charge on any atom is 0.456 e. The highest BCUT2D eigenvalue weighted by molar-refractivity contribution is 7.98. The van der Waals surface area contributed by atoms with Gasteiger partial charge in [0, 0.05) is 19.6 Å². The van der Waals surface area contributed by atoms with Gasteiger partial charge in [0.1, 0.15) is 30.7 Å². The molecule has 1 aliphatic heterocycles. The molecule has 12 heteroatoms. The van der Waals surface area contributed by atoms with Crippen molar-refractivity contribution in [1.29, 1.82) is 0 Å². The lowest BCUT2D eigenvalue weighted by atomic mass is 9.88. The van der Waals surface area contributed by atoms with Crippen molar-refractivity contribution in [3.63, 3.8) is 0 Å². The maximum atomic E-state index is 14.3. The van der Waals surface area contributed by atoms with Crippen LogP contribution in [0, 0.1) is 0 Å². The molecule has 34 heavy (non-hydrogen) atoms. The summed E-state index contributed by atoms with van der Waals surface area (Å²) in [7, 11) is 0.855. The van der Waals surface area contributed by atoms with Gasteiger partial charge in [-0.3, -0.25) is 4.79 Å². The van der Waals surface area contributed by atoms with Crippen LogP contribution in [0.2, 0.25) is 0 Å². The Morgan fingerprint density at radius 3 is 2.03 bits per heavy atom. The molecule has 0 spiro atoms. The van der Waals surface area contributed by atoms with Crippen LogP contribution in [0.5, 0.6) is 5.75 Å². The van der Waals surface area contributed by atoms with E-state index in [9.17, 15) is 35.5 Å². The summed E-state index contributed by atoms with van der Waals surface area (Å²) in [4.78, 5) is 12.9. The maximum absolute atomic E-state index is 14.3. The van der Waals surface area contributed by atoms with Crippen molar-refractivity contribution in [2.75, 3.05) is 32.0 Å². The number of ether oxygens (including phenoxy) is 3. The first kappa shape index (κ1) is 28.7. The van der Waals surface area contributed by atoms with Gasteiger partial charge in [-0.05, 0) is 54.4 Å². The van der Waals surface area contributed by atoms with E-state index in [0.717, 1.165) is 31.5 Å². The van der Waals surface area contributed by atoms with Crippen molar-refractivity contribution >= 4 is 16.7 Å². The molecule has 0 N–H and O–H groups in total. The van der Waals surface area contributed by atoms with E-state index < -0.39 is 37.0 Å². The van der Waals surface area contributed by atoms with Gasteiger partial charge in [-0.2, -0.15) is 22.0 Å². The third kappa shape index (κ3) is 5.81. The second kappa shape index (κ2) is 11.0. The average molecular weight is 522 g/mol. The van der Waals surface area contributed by atoms with Crippen LogP contribution in [0.15, 0.2) is 24.3 Å². The van der Waals surface area contributed by atoms with E-state index in [4.69, 9.17) is 4.74 Å². The fourth-order valence-electron chi connectivity index (χ4n) is 3.76. The van der Waals surface area contributed by atoms with Crippen LogP contribution in [0.4, 0.5) is 30.7 Å². The van der Waals surface area contributed by atoms with E-state index in [1.54, 1.807) is 0 Å². The number of ketones is 1. The minimum atomic E-state index is -6.35. The summed E-state index contributed by atoms with van der Waals surface area (Å²) in [6.07, 6.45) is -3.57. The van der Waals surface area contributed by atoms with Crippen molar-refractivity contribution in [1.82, 2.24) is 0 Å². The van der Waals surface area contributed by atoms with Crippen molar-refractivity contribution < 1.29 is 49.7 Å². The molecule has 1 saturated heterocycles. The lowest BCUT2D eigenvalue weighted by molar-refractivity contribution is -0.399. The zero-order valence-corrected chi connectivity index (χ0v) is 19.8. The summed E-state index contributed by atoms with van der Waals surface area (Å²) in [6.45, 7) is -1.29. The van der Waals surface area contributed by atoms with Crippen LogP contribution >= 0.6 is 0 Å². The third-order valence-corrected chi connectivity index (χ3v) is 8.68. The van der Waals surface area contributed by atoms with Crippen LogP contribution in [-0.4, -0.2) is 66.7 Å². The summed E-state index contributed by atoms with van der Waals surface area (Å²) in [5, 5.41) is -0.159. The molecule has 2 atom stereocenters. The van der Waals surface area contributed by atoms with Gasteiger partial charge in [0.2, 0.25) is 11.4 Å². The van der Waals surface area contributed by atoms with Gasteiger partial charge in [0.15, 0.2) is 5.25 Å². The molecule has 0 bridgehead atoms. The van der Waals surface area contributed by atoms with Gasteiger partial charge in [0.25, 0.3) is 5.92 Å². The zero-order chi connectivity index (χ0) is 25.8. The van der Waals surface area contributed by atoms with Gasteiger partial charge >= 0.3 is 12.1 Å². The number of rotatable bonds is 12. The van der Waals surface area contributed by atoms with Crippen molar-refractivity contribution in [2.45, 2.75) is 62.0 Å². The van der Waals surface area contributed by atoms with E-state index in [1.165, 1.54) is 24.3 Å². The van der Waals surface area contributed by atoms with Crippen LogP contribution in [0.3, 0.4) is 0 Å². The SMILES string of the molecule is CCC(C(=O)c1ccc(OCC(OCOC)(C(C)(F)F)C(F)(F)C(F)(F)F)cc1)[S+]1CCCC1. The Morgan fingerprint density at radius 2 is 1.59 bits per heavy atom. The first-order chi connectivity index (χ1) is 15.7. The fourth-order valence-corrected chi connectivity index (χ4v) is 6.59. The van der Waals surface area contributed by atoms with E-state index in [1.807, 2.05) is 6.92 Å². The molecule has 2 unspecified atom stereocenters. The number of Topliss-reactive ketones (excluding diaryl/α,β-unsaturated/α-hetero) is 1. The number of hydrogen-bond acceptors (Lipinski definition) is 4. The largest absolute Gasteiger partial charge is 0.490 e. The summed E-state index contributed by atoms with van der Waals surface area (Å²) >= 11 is 0. The third-order valence-electron chi connectivity index (χ3n) is 5.71. The summed E-state index contributed by atoms with van der Waals surface area (Å²) in [5.74, 6) is -9.08. The quantitative estimate of drug-likeness (QED) is 0.154. The highest BCUT2D eigenvalue weighted by atomic mass is 32.2. The molecule has 1 fully saturated rings. The molecule has 0 aliphatic carbocycles. The predicted octanol–water partition coefficient (Wildman–Crippen LogP) is 5.65. The molecule has 194 valence electrons. The van der Waals surface area contributed by atoms with Crippen molar-refractivity contribution in [3.8, 4) is 5.75 Å². The Balaban J connectivity index is 2.27. The van der Waals surface area contributed by atoms with Gasteiger partial charge in [-0.25, -0.2) is 8.78 Å². The standard InChI is InChI=1S/C22H28F7O4S/c1-4-17(34-11-5-6-12-34)18(30)15-7-9-16(10-8-15)32-13-20(19(2,23)24,33-14-31-3)21(25,26)22(27,28)29/h7-10,17H,4-6,11-14H2,1-3H3/q+1. The first-order valence-corrected chi connectivity index (χ1v) is 12.2. The molecule has 2 rings (SSSR count). The highest BCUT2D eigenvalue weighted by Crippen LogP contribution is 2.52. The van der Waals surface area contributed by atoms with E-state index >= 15 is 0 Å². The molecule has 1 aromatic carbocycles. The molecular formula is C22H28F7O4S+. The molecule has 0 saturated carbocycles. The molecule has 0 aromatic heterocycles. The van der Waals surface area contributed by atoms with Crippen molar-refractivity contribution in [2.24, 2.45) is 0 Å². The van der Waals surface area contributed by atoms with Crippen LogP contribution in [0.1, 0.15) is 43.5 Å². The number of methoxy groups -OCH3 is 1. The monoisotopic (exact) mass is 521 g/mol. The Morgan fingerprint density at radius 1 is 1.03 bits per heavy atom. The Labute approximate surface area is 196 Å². The zero-order valence-electron chi connectivity index (χ0n) is 19.0. The molecule has 4 nitrogen and oxygen atoms in total. The van der Waals surface area contributed by atoms with Gasteiger partial charge < -0.3 is 14.2 Å². The molecule has 1 aliphatic rings. The highest BCUT2D eigenvalue weighted by Gasteiger charge is 2.79. The van der Waals surface area contributed by atoms with E-state index in [2.05, 4.69) is 9.47 Å². The fraction of sp³-hybridized carbons (Fsp3) is 0.682. The minimum Gasteiger partial charge on any atom is -0.490 e. The molecule has 1 aromatic rings. The van der Waals surface area contributed by atoms with Gasteiger partial charge in [-0.1, -0.05) is 6.92 Å². The first-order valence-electron chi connectivity index (χ1n) is 10.6. The van der Waals surface area contributed by atoms with Gasteiger partial charge in [-0.15, -0.1) is 0 Å². The van der Waals surface area contributed by atoms with E-state index in [-0.39, 0.29) is 34.6 Å². The Hall–Kier alpha value is -1.53. The predicted molar refractivity (Wildman–Crippen MR) is 114 cm³/mol. The lowest BCUT2D eigenvalue weighted by Crippen LogP contribution is -2.69. The molecule has 1 heterocycles. The Bertz CT molecular complexity index is 805. The smallest absolute Gasteiger partial charge is 0.456 e. The lowest BCUT2D eigenvalue weighted by Gasteiger charge is -2.43. The average Bonchev–Trinajstić information content (AvgIpc) is 3.27. The van der Waals surface area contributed by atoms with Crippen LogP contribution in [-0.2, 0) is 20.4 Å². The van der Waals surface area contributed by atoms with Crippen LogP contribution < -0.4 is 4.74 Å². The number of benzene rings is 1. The normalized spacial score (nSPS) is 18.5. The molecular weight excluding hydrogens is 493 g/mol. The summed E-state index contributed by atoms with van der Waals surface area (Å²) < 4.78 is 110. The number of carbonyl (C=O) groups is 1. The minimum absolute atomic E-state index is 0.0306. The number of alkyl halides is 7. The second-order valence-corrected chi connectivity index (χ2v) is 10.5. The van der Waals surface area contributed by atoms with Crippen LogP contribution in [0.25, 0.3) is 0 Å². The molecule has 0 amide bonds. The summed E-state index contributed by atoms with van der Waals surface area (Å²) in [6, 6.07) is 5.00. The summed E-state index contributed by atoms with van der Waals surface area (Å²) in [5.41, 5.74) is -4.08. The van der Waals surface area contributed by atoms with Crippen molar-refractivity contribution in [3.05, 3.63) is 29.8 Å².